The van der Waals surface area contributed by atoms with E-state index in [0.29, 0.717) is 12.5 Å². The van der Waals surface area contributed by atoms with Gasteiger partial charge in [0.15, 0.2) is 0 Å². The van der Waals surface area contributed by atoms with Crippen LogP contribution < -0.4 is 10.2 Å². The summed E-state index contributed by atoms with van der Waals surface area (Å²) in [6.07, 6.45) is 6.62. The fourth-order valence-electron chi connectivity index (χ4n) is 3.53. The molecular formula is C22H28N2O. The molecule has 1 aliphatic carbocycles. The van der Waals surface area contributed by atoms with E-state index in [2.05, 4.69) is 58.7 Å². The predicted octanol–water partition coefficient (Wildman–Crippen LogP) is 4.53. The maximum Gasteiger partial charge on any atom is 0.221 e. The van der Waals surface area contributed by atoms with Crippen LogP contribution >= 0.6 is 0 Å². The molecule has 1 aliphatic rings. The van der Waals surface area contributed by atoms with Gasteiger partial charge in [0.1, 0.15) is 0 Å². The highest BCUT2D eigenvalue weighted by atomic mass is 16.1. The molecule has 0 radical (unpaired) electrons. The van der Waals surface area contributed by atoms with Gasteiger partial charge in [0.2, 0.25) is 5.91 Å². The first kappa shape index (κ1) is 17.5. The SMILES string of the molecule is O=C(CCN(Cc1ccccc1)c1ccccc1)NC1CCCCC1. The number of anilines is 1. The summed E-state index contributed by atoms with van der Waals surface area (Å²) < 4.78 is 0. The smallest absolute Gasteiger partial charge is 0.221 e. The van der Waals surface area contributed by atoms with Crippen LogP contribution in [0.3, 0.4) is 0 Å². The van der Waals surface area contributed by atoms with Crippen molar-refractivity contribution in [1.29, 1.82) is 0 Å². The molecule has 0 aromatic heterocycles. The van der Waals surface area contributed by atoms with Crippen molar-refractivity contribution in [2.24, 2.45) is 0 Å². The van der Waals surface area contributed by atoms with Gasteiger partial charge in [0.05, 0.1) is 0 Å². The molecule has 0 atom stereocenters. The van der Waals surface area contributed by atoms with E-state index in [1.807, 2.05) is 12.1 Å². The monoisotopic (exact) mass is 336 g/mol. The molecule has 25 heavy (non-hydrogen) atoms. The summed E-state index contributed by atoms with van der Waals surface area (Å²) in [4.78, 5) is 14.6. The van der Waals surface area contributed by atoms with Gasteiger partial charge >= 0.3 is 0 Å². The molecule has 0 heterocycles. The van der Waals surface area contributed by atoms with Gasteiger partial charge in [-0.25, -0.2) is 0 Å². The summed E-state index contributed by atoms with van der Waals surface area (Å²) in [5.41, 5.74) is 2.43. The molecular weight excluding hydrogens is 308 g/mol. The molecule has 1 saturated carbocycles. The van der Waals surface area contributed by atoms with Crippen LogP contribution in [0.25, 0.3) is 0 Å². The molecule has 0 unspecified atom stereocenters. The lowest BCUT2D eigenvalue weighted by atomic mass is 9.95. The summed E-state index contributed by atoms with van der Waals surface area (Å²) in [6, 6.07) is 21.2. The second-order valence-corrected chi connectivity index (χ2v) is 6.90. The van der Waals surface area contributed by atoms with Crippen LogP contribution in [0.2, 0.25) is 0 Å². The first-order valence-corrected chi connectivity index (χ1v) is 9.44. The van der Waals surface area contributed by atoms with Gasteiger partial charge in [-0.05, 0) is 30.5 Å². The second kappa shape index (κ2) is 9.26. The van der Waals surface area contributed by atoms with Crippen LogP contribution in [0.4, 0.5) is 5.69 Å². The Morgan fingerprint density at radius 2 is 1.56 bits per heavy atom. The van der Waals surface area contributed by atoms with E-state index in [4.69, 9.17) is 0 Å². The maximum absolute atomic E-state index is 12.4. The normalized spacial score (nSPS) is 14.9. The Kier molecular flexibility index (Phi) is 6.49. The standard InChI is InChI=1S/C22H28N2O/c25-22(23-20-12-6-2-7-13-20)16-17-24(21-14-8-3-9-15-21)18-19-10-4-1-5-11-19/h1,3-5,8-11,14-15,20H,2,6-7,12-13,16-18H2,(H,23,25). The number of rotatable bonds is 7. The number of para-hydroxylation sites is 1. The molecule has 0 bridgehead atoms. The maximum atomic E-state index is 12.4. The number of carbonyl (C=O) groups excluding carboxylic acids is 1. The third-order valence-corrected chi connectivity index (χ3v) is 4.92. The molecule has 1 N–H and O–H groups in total. The van der Waals surface area contributed by atoms with Crippen molar-refractivity contribution in [2.45, 2.75) is 51.1 Å². The molecule has 0 saturated heterocycles. The number of benzene rings is 2. The fraction of sp³-hybridized carbons (Fsp3) is 0.409. The van der Waals surface area contributed by atoms with Crippen molar-refractivity contribution in [1.82, 2.24) is 5.32 Å². The zero-order valence-corrected chi connectivity index (χ0v) is 14.9. The zero-order chi connectivity index (χ0) is 17.3. The van der Waals surface area contributed by atoms with Gasteiger partial charge in [-0.2, -0.15) is 0 Å². The van der Waals surface area contributed by atoms with Crippen LogP contribution in [0.5, 0.6) is 0 Å². The van der Waals surface area contributed by atoms with Crippen molar-refractivity contribution in [3.8, 4) is 0 Å². The van der Waals surface area contributed by atoms with E-state index < -0.39 is 0 Å². The lowest BCUT2D eigenvalue weighted by Crippen LogP contribution is -2.38. The third kappa shape index (κ3) is 5.63. The highest BCUT2D eigenvalue weighted by Gasteiger charge is 2.16. The Morgan fingerprint density at radius 1 is 0.920 bits per heavy atom. The number of carbonyl (C=O) groups is 1. The number of hydrogen-bond acceptors (Lipinski definition) is 2. The van der Waals surface area contributed by atoms with Crippen molar-refractivity contribution < 1.29 is 4.79 Å². The minimum atomic E-state index is 0.181. The summed E-state index contributed by atoms with van der Waals surface area (Å²) >= 11 is 0. The Morgan fingerprint density at radius 3 is 2.24 bits per heavy atom. The van der Waals surface area contributed by atoms with E-state index in [1.165, 1.54) is 24.8 Å². The van der Waals surface area contributed by atoms with E-state index in [1.54, 1.807) is 0 Å². The summed E-state index contributed by atoms with van der Waals surface area (Å²) in [5, 5.41) is 3.22. The van der Waals surface area contributed by atoms with Gasteiger partial charge in [0.25, 0.3) is 0 Å². The topological polar surface area (TPSA) is 32.3 Å². The Balaban J connectivity index is 1.58. The quantitative estimate of drug-likeness (QED) is 0.805. The van der Waals surface area contributed by atoms with Gasteiger partial charge in [-0.15, -0.1) is 0 Å². The number of nitrogens with one attached hydrogen (secondary N) is 1. The molecule has 3 rings (SSSR count). The number of hydrogen-bond donors (Lipinski definition) is 1. The van der Waals surface area contributed by atoms with Crippen LogP contribution in [-0.4, -0.2) is 18.5 Å². The third-order valence-electron chi connectivity index (χ3n) is 4.92. The van der Waals surface area contributed by atoms with Crippen LogP contribution in [0.15, 0.2) is 60.7 Å². The molecule has 1 amide bonds. The molecule has 1 fully saturated rings. The molecule has 0 spiro atoms. The summed E-state index contributed by atoms with van der Waals surface area (Å²) in [5.74, 6) is 0.181. The highest BCUT2D eigenvalue weighted by Crippen LogP contribution is 2.19. The van der Waals surface area contributed by atoms with Gasteiger partial charge in [-0.3, -0.25) is 4.79 Å². The molecule has 0 aliphatic heterocycles. The Hall–Kier alpha value is -2.29. The van der Waals surface area contributed by atoms with Gasteiger partial charge in [-0.1, -0.05) is 67.8 Å². The van der Waals surface area contributed by atoms with E-state index >= 15 is 0 Å². The Labute approximate surface area is 151 Å². The molecule has 132 valence electrons. The fourth-order valence-corrected chi connectivity index (χ4v) is 3.53. The van der Waals surface area contributed by atoms with Crippen molar-refractivity contribution in [3.63, 3.8) is 0 Å². The number of amides is 1. The first-order valence-electron chi connectivity index (χ1n) is 9.44. The van der Waals surface area contributed by atoms with Crippen molar-refractivity contribution in [2.75, 3.05) is 11.4 Å². The minimum absolute atomic E-state index is 0.181. The van der Waals surface area contributed by atoms with E-state index in [0.717, 1.165) is 31.6 Å². The largest absolute Gasteiger partial charge is 0.367 e. The molecule has 2 aromatic rings. The van der Waals surface area contributed by atoms with Crippen LogP contribution in [0, 0.1) is 0 Å². The van der Waals surface area contributed by atoms with Gasteiger partial charge in [0, 0.05) is 31.2 Å². The average molecular weight is 336 g/mol. The minimum Gasteiger partial charge on any atom is -0.367 e. The zero-order valence-electron chi connectivity index (χ0n) is 14.9. The van der Waals surface area contributed by atoms with Gasteiger partial charge < -0.3 is 10.2 Å². The Bertz CT molecular complexity index is 636. The molecule has 3 nitrogen and oxygen atoms in total. The summed E-state index contributed by atoms with van der Waals surface area (Å²) in [7, 11) is 0. The number of nitrogens with zero attached hydrogens (tertiary/aromatic N) is 1. The first-order chi connectivity index (χ1) is 12.3. The highest BCUT2D eigenvalue weighted by molar-refractivity contribution is 5.77. The van der Waals surface area contributed by atoms with Crippen LogP contribution in [0.1, 0.15) is 44.1 Å². The second-order valence-electron chi connectivity index (χ2n) is 6.90. The lowest BCUT2D eigenvalue weighted by Gasteiger charge is -2.26. The average Bonchev–Trinajstić information content (AvgIpc) is 2.67. The van der Waals surface area contributed by atoms with E-state index in [-0.39, 0.29) is 5.91 Å². The lowest BCUT2D eigenvalue weighted by molar-refractivity contribution is -0.121. The van der Waals surface area contributed by atoms with Crippen molar-refractivity contribution >= 4 is 11.6 Å². The van der Waals surface area contributed by atoms with E-state index in [9.17, 15) is 4.79 Å². The van der Waals surface area contributed by atoms with Crippen molar-refractivity contribution in [3.05, 3.63) is 66.2 Å². The summed E-state index contributed by atoms with van der Waals surface area (Å²) in [6.45, 7) is 1.55. The van der Waals surface area contributed by atoms with Crippen LogP contribution in [-0.2, 0) is 11.3 Å². The predicted molar refractivity (Wildman–Crippen MR) is 104 cm³/mol. The molecule has 2 aromatic carbocycles. The molecule has 3 heteroatoms.